The molecule has 0 saturated heterocycles. The number of nitrogens with zero attached hydrogens (tertiary/aromatic N) is 1. The van der Waals surface area contributed by atoms with Crippen LogP contribution in [0.15, 0.2) is 29.2 Å². The van der Waals surface area contributed by atoms with Crippen molar-refractivity contribution in [1.82, 2.24) is 14.9 Å². The molecule has 1 aromatic carbocycles. The van der Waals surface area contributed by atoms with Crippen LogP contribution in [-0.4, -0.2) is 51.4 Å². The zero-order valence-corrected chi connectivity index (χ0v) is 15.9. The normalized spacial score (nSPS) is 15.6. The van der Waals surface area contributed by atoms with Crippen LogP contribution in [-0.2, 0) is 10.0 Å². The van der Waals surface area contributed by atoms with Crippen LogP contribution < -0.4 is 10.0 Å². The van der Waals surface area contributed by atoms with Gasteiger partial charge in [0.1, 0.15) is 0 Å². The maximum atomic E-state index is 12.5. The highest BCUT2D eigenvalue weighted by Crippen LogP contribution is 2.20. The summed E-state index contributed by atoms with van der Waals surface area (Å²) in [7, 11) is -3.58. The Morgan fingerprint density at radius 3 is 2.52 bits per heavy atom. The summed E-state index contributed by atoms with van der Waals surface area (Å²) >= 11 is 0. The van der Waals surface area contributed by atoms with E-state index in [2.05, 4.69) is 28.8 Å². The number of carbonyl (C=O) groups excluding carboxylic acids is 1. The third kappa shape index (κ3) is 5.80. The van der Waals surface area contributed by atoms with E-state index in [9.17, 15) is 13.2 Å². The van der Waals surface area contributed by atoms with Gasteiger partial charge in [0.15, 0.2) is 0 Å². The van der Waals surface area contributed by atoms with E-state index in [0.29, 0.717) is 12.1 Å². The van der Waals surface area contributed by atoms with E-state index < -0.39 is 10.0 Å². The number of amides is 1. The van der Waals surface area contributed by atoms with Gasteiger partial charge in [0.2, 0.25) is 10.0 Å². The van der Waals surface area contributed by atoms with Crippen molar-refractivity contribution in [2.24, 2.45) is 0 Å². The third-order valence-corrected chi connectivity index (χ3v) is 6.21. The molecule has 140 valence electrons. The van der Waals surface area contributed by atoms with Gasteiger partial charge >= 0.3 is 0 Å². The molecule has 1 amide bonds. The number of carbonyl (C=O) groups is 1. The van der Waals surface area contributed by atoms with Gasteiger partial charge in [0, 0.05) is 24.7 Å². The van der Waals surface area contributed by atoms with E-state index in [1.54, 1.807) is 12.1 Å². The average Bonchev–Trinajstić information content (AvgIpc) is 3.11. The lowest BCUT2D eigenvalue weighted by Gasteiger charge is -2.18. The first-order chi connectivity index (χ1) is 12.0. The number of benzene rings is 1. The van der Waals surface area contributed by atoms with Gasteiger partial charge in [-0.25, -0.2) is 13.1 Å². The number of hydrogen-bond donors (Lipinski definition) is 2. The molecule has 0 aliphatic heterocycles. The molecule has 0 radical (unpaired) electrons. The second kappa shape index (κ2) is 9.31. The summed E-state index contributed by atoms with van der Waals surface area (Å²) in [5.41, 5.74) is 0.369. The monoisotopic (exact) mass is 367 g/mol. The van der Waals surface area contributed by atoms with Crippen LogP contribution in [0.2, 0.25) is 0 Å². The highest BCUT2D eigenvalue weighted by atomic mass is 32.2. The van der Waals surface area contributed by atoms with Crippen molar-refractivity contribution < 1.29 is 13.2 Å². The van der Waals surface area contributed by atoms with E-state index in [-0.39, 0.29) is 16.8 Å². The van der Waals surface area contributed by atoms with Crippen molar-refractivity contribution in [2.75, 3.05) is 26.2 Å². The lowest BCUT2D eigenvalue weighted by molar-refractivity contribution is 0.0948. The van der Waals surface area contributed by atoms with Gasteiger partial charge in [-0.1, -0.05) is 32.8 Å². The smallest absolute Gasteiger partial charge is 0.251 e. The lowest BCUT2D eigenvalue weighted by Crippen LogP contribution is -2.35. The van der Waals surface area contributed by atoms with Crippen LogP contribution in [0.3, 0.4) is 0 Å². The first-order valence-electron chi connectivity index (χ1n) is 9.09. The standard InChI is InChI=1S/C18H29N3O3S/c1-3-21(4-2)13-12-19-18(22)15-8-7-11-17(14-15)25(23,24)20-16-9-5-6-10-16/h7-8,11,14,16,20H,3-6,9-10,12-13H2,1-2H3,(H,19,22). The SMILES string of the molecule is CCN(CC)CCNC(=O)c1cccc(S(=O)(=O)NC2CCCC2)c1. The van der Waals surface area contributed by atoms with E-state index >= 15 is 0 Å². The maximum Gasteiger partial charge on any atom is 0.251 e. The summed E-state index contributed by atoms with van der Waals surface area (Å²) < 4.78 is 27.7. The van der Waals surface area contributed by atoms with Crippen molar-refractivity contribution in [1.29, 1.82) is 0 Å². The Kier molecular flexibility index (Phi) is 7.40. The minimum absolute atomic E-state index is 0.0107. The summed E-state index contributed by atoms with van der Waals surface area (Å²) in [6.07, 6.45) is 3.87. The van der Waals surface area contributed by atoms with Gasteiger partial charge in [-0.15, -0.1) is 0 Å². The zero-order valence-electron chi connectivity index (χ0n) is 15.1. The Hall–Kier alpha value is -1.44. The van der Waals surface area contributed by atoms with Crippen LogP contribution in [0.4, 0.5) is 0 Å². The Balaban J connectivity index is 1.98. The Morgan fingerprint density at radius 2 is 1.88 bits per heavy atom. The molecule has 7 heteroatoms. The second-order valence-electron chi connectivity index (χ2n) is 6.41. The molecule has 0 spiro atoms. The van der Waals surface area contributed by atoms with Gasteiger partial charge in [-0.2, -0.15) is 0 Å². The van der Waals surface area contributed by atoms with Crippen molar-refractivity contribution in [2.45, 2.75) is 50.5 Å². The molecule has 2 N–H and O–H groups in total. The van der Waals surface area contributed by atoms with Crippen LogP contribution >= 0.6 is 0 Å². The van der Waals surface area contributed by atoms with Crippen LogP contribution in [0.5, 0.6) is 0 Å². The molecule has 1 saturated carbocycles. The predicted octanol–water partition coefficient (Wildman–Crippen LogP) is 1.98. The number of rotatable bonds is 9. The molecule has 0 aromatic heterocycles. The first kappa shape index (κ1) is 19.9. The van der Waals surface area contributed by atoms with E-state index in [1.165, 1.54) is 12.1 Å². The molecule has 1 fully saturated rings. The maximum absolute atomic E-state index is 12.5. The fourth-order valence-electron chi connectivity index (χ4n) is 3.11. The van der Waals surface area contributed by atoms with Crippen LogP contribution in [0, 0.1) is 0 Å². The van der Waals surface area contributed by atoms with E-state index in [1.807, 2.05) is 0 Å². The predicted molar refractivity (Wildman–Crippen MR) is 99.1 cm³/mol. The summed E-state index contributed by atoms with van der Waals surface area (Å²) in [6, 6.07) is 6.24. The number of hydrogen-bond acceptors (Lipinski definition) is 4. The Labute approximate surface area is 151 Å². The molecular weight excluding hydrogens is 338 g/mol. The van der Waals surface area contributed by atoms with Crippen LogP contribution in [0.25, 0.3) is 0 Å². The topological polar surface area (TPSA) is 78.5 Å². The van der Waals surface area contributed by atoms with Gasteiger partial charge < -0.3 is 10.2 Å². The Bertz CT molecular complexity index is 666. The molecule has 0 atom stereocenters. The van der Waals surface area contributed by atoms with E-state index in [0.717, 1.165) is 45.3 Å². The minimum atomic E-state index is -3.58. The molecule has 1 aliphatic carbocycles. The number of likely N-dealkylation sites (N-methyl/N-ethyl adjacent to an activating group) is 1. The average molecular weight is 368 g/mol. The van der Waals surface area contributed by atoms with Crippen molar-refractivity contribution in [3.8, 4) is 0 Å². The summed E-state index contributed by atoms with van der Waals surface area (Å²) in [5, 5.41) is 2.85. The van der Waals surface area contributed by atoms with E-state index in [4.69, 9.17) is 0 Å². The zero-order chi connectivity index (χ0) is 18.3. The lowest BCUT2D eigenvalue weighted by atomic mass is 10.2. The van der Waals surface area contributed by atoms with Crippen molar-refractivity contribution in [3.05, 3.63) is 29.8 Å². The molecule has 0 unspecified atom stereocenters. The number of nitrogens with one attached hydrogen (secondary N) is 2. The van der Waals surface area contributed by atoms with Gasteiger partial charge in [-0.05, 0) is 44.1 Å². The highest BCUT2D eigenvalue weighted by molar-refractivity contribution is 7.89. The third-order valence-electron chi connectivity index (χ3n) is 4.69. The quantitative estimate of drug-likeness (QED) is 0.699. The van der Waals surface area contributed by atoms with Gasteiger partial charge in [-0.3, -0.25) is 4.79 Å². The second-order valence-corrected chi connectivity index (χ2v) is 8.13. The van der Waals surface area contributed by atoms with Gasteiger partial charge in [0.25, 0.3) is 5.91 Å². The van der Waals surface area contributed by atoms with Gasteiger partial charge in [0.05, 0.1) is 4.90 Å². The summed E-state index contributed by atoms with van der Waals surface area (Å²) in [6.45, 7) is 7.35. The van der Waals surface area contributed by atoms with Crippen molar-refractivity contribution in [3.63, 3.8) is 0 Å². The molecule has 6 nitrogen and oxygen atoms in total. The molecule has 0 heterocycles. The molecule has 0 bridgehead atoms. The largest absolute Gasteiger partial charge is 0.351 e. The number of sulfonamides is 1. The minimum Gasteiger partial charge on any atom is -0.351 e. The fourth-order valence-corrected chi connectivity index (χ4v) is 4.46. The summed E-state index contributed by atoms with van der Waals surface area (Å²) in [4.78, 5) is 14.6. The molecule has 1 aliphatic rings. The highest BCUT2D eigenvalue weighted by Gasteiger charge is 2.23. The first-order valence-corrected chi connectivity index (χ1v) is 10.6. The van der Waals surface area contributed by atoms with Crippen LogP contribution in [0.1, 0.15) is 49.9 Å². The molecular formula is C18H29N3O3S. The molecule has 2 rings (SSSR count). The summed E-state index contributed by atoms with van der Waals surface area (Å²) in [5.74, 6) is -0.245. The molecule has 25 heavy (non-hydrogen) atoms. The molecule has 1 aromatic rings. The Morgan fingerprint density at radius 1 is 1.20 bits per heavy atom. The van der Waals surface area contributed by atoms with Crippen molar-refractivity contribution >= 4 is 15.9 Å². The fraction of sp³-hybridized carbons (Fsp3) is 0.611.